The molecule has 0 bridgehead atoms. The zero-order valence-electron chi connectivity index (χ0n) is 9.54. The lowest BCUT2D eigenvalue weighted by Gasteiger charge is -2.12. The Bertz CT molecular complexity index is 366. The molecular weight excluding hydrogens is 209 g/mol. The molecule has 3 heteroatoms. The van der Waals surface area contributed by atoms with Crippen molar-refractivity contribution in [1.82, 2.24) is 0 Å². The second-order valence-corrected chi connectivity index (χ2v) is 6.06. The SMILES string of the molecule is Cc1ccc(/C=N/SC(C)(C)C)cc1F. The van der Waals surface area contributed by atoms with Gasteiger partial charge in [-0.2, -0.15) is 0 Å². The first-order valence-corrected chi connectivity index (χ1v) is 5.63. The summed E-state index contributed by atoms with van der Waals surface area (Å²) in [6.45, 7) is 8.01. The van der Waals surface area contributed by atoms with Crippen molar-refractivity contribution < 1.29 is 4.39 Å². The van der Waals surface area contributed by atoms with Gasteiger partial charge in [0.2, 0.25) is 0 Å². The van der Waals surface area contributed by atoms with Gasteiger partial charge in [-0.15, -0.1) is 0 Å². The summed E-state index contributed by atoms with van der Waals surface area (Å²) in [4.78, 5) is 0. The van der Waals surface area contributed by atoms with Crippen LogP contribution in [0.3, 0.4) is 0 Å². The zero-order chi connectivity index (χ0) is 11.5. The van der Waals surface area contributed by atoms with Crippen molar-refractivity contribution in [3.05, 3.63) is 35.1 Å². The fourth-order valence-corrected chi connectivity index (χ4v) is 1.43. The Hall–Kier alpha value is -0.830. The molecule has 0 N–H and O–H groups in total. The third kappa shape index (κ3) is 4.47. The summed E-state index contributed by atoms with van der Waals surface area (Å²) < 4.78 is 17.5. The number of hydrogen-bond donors (Lipinski definition) is 0. The molecule has 0 saturated heterocycles. The van der Waals surface area contributed by atoms with Gasteiger partial charge in [0, 0.05) is 11.0 Å². The maximum atomic E-state index is 13.2. The lowest BCUT2D eigenvalue weighted by molar-refractivity contribution is 0.618. The smallest absolute Gasteiger partial charge is 0.126 e. The average Bonchev–Trinajstić information content (AvgIpc) is 2.09. The van der Waals surface area contributed by atoms with Crippen molar-refractivity contribution in [2.45, 2.75) is 32.4 Å². The van der Waals surface area contributed by atoms with Crippen LogP contribution >= 0.6 is 11.9 Å². The summed E-state index contributed by atoms with van der Waals surface area (Å²) in [6, 6.07) is 5.13. The Kier molecular flexibility index (Phi) is 3.91. The molecule has 0 aliphatic rings. The first kappa shape index (κ1) is 12.2. The third-order valence-corrected chi connectivity index (χ3v) is 2.48. The van der Waals surface area contributed by atoms with Crippen LogP contribution in [0.25, 0.3) is 0 Å². The molecule has 0 aliphatic carbocycles. The van der Waals surface area contributed by atoms with Gasteiger partial charge in [0.1, 0.15) is 5.82 Å². The summed E-state index contributed by atoms with van der Waals surface area (Å²) >= 11 is 1.49. The molecule has 0 heterocycles. The second kappa shape index (κ2) is 4.79. The fraction of sp³-hybridized carbons (Fsp3) is 0.417. The zero-order valence-corrected chi connectivity index (χ0v) is 10.4. The molecule has 0 aliphatic heterocycles. The van der Waals surface area contributed by atoms with Crippen LogP contribution in [-0.4, -0.2) is 11.0 Å². The molecule has 1 rings (SSSR count). The highest BCUT2D eigenvalue weighted by atomic mass is 32.2. The molecule has 0 spiro atoms. The minimum absolute atomic E-state index is 0.0970. The molecule has 0 fully saturated rings. The predicted molar refractivity (Wildman–Crippen MR) is 66.1 cm³/mol. The molecule has 0 atom stereocenters. The molecule has 0 unspecified atom stereocenters. The van der Waals surface area contributed by atoms with Crippen LogP contribution in [0.4, 0.5) is 4.39 Å². The molecule has 1 nitrogen and oxygen atoms in total. The highest BCUT2D eigenvalue weighted by Gasteiger charge is 2.08. The van der Waals surface area contributed by atoms with Crippen LogP contribution in [0.2, 0.25) is 0 Å². The Morgan fingerprint density at radius 1 is 1.33 bits per heavy atom. The molecule has 0 aromatic heterocycles. The van der Waals surface area contributed by atoms with Gasteiger partial charge in [-0.25, -0.2) is 8.79 Å². The van der Waals surface area contributed by atoms with Gasteiger partial charge in [0.15, 0.2) is 0 Å². The van der Waals surface area contributed by atoms with Crippen LogP contribution in [0.15, 0.2) is 22.6 Å². The number of aryl methyl sites for hydroxylation is 1. The van der Waals surface area contributed by atoms with Crippen molar-refractivity contribution in [2.24, 2.45) is 4.40 Å². The van der Waals surface area contributed by atoms with Crippen LogP contribution in [0.1, 0.15) is 31.9 Å². The first-order valence-electron chi connectivity index (χ1n) is 4.86. The van der Waals surface area contributed by atoms with E-state index in [0.29, 0.717) is 5.56 Å². The van der Waals surface area contributed by atoms with Crippen molar-refractivity contribution in [3.63, 3.8) is 0 Å². The number of benzene rings is 1. The summed E-state index contributed by atoms with van der Waals surface area (Å²) in [5, 5.41) is 0. The van der Waals surface area contributed by atoms with Gasteiger partial charge >= 0.3 is 0 Å². The van der Waals surface area contributed by atoms with Crippen LogP contribution < -0.4 is 0 Å². The maximum Gasteiger partial charge on any atom is 0.126 e. The van der Waals surface area contributed by atoms with Gasteiger partial charge in [0.25, 0.3) is 0 Å². The molecule has 0 saturated carbocycles. The summed E-state index contributed by atoms with van der Waals surface area (Å²) in [6.07, 6.45) is 1.69. The number of halogens is 1. The topological polar surface area (TPSA) is 12.4 Å². The average molecular weight is 225 g/mol. The Balaban J connectivity index is 2.69. The van der Waals surface area contributed by atoms with Gasteiger partial charge in [-0.05, 0) is 56.8 Å². The predicted octanol–water partition coefficient (Wildman–Crippen LogP) is 4.00. The highest BCUT2D eigenvalue weighted by molar-refractivity contribution is 7.99. The standard InChI is InChI=1S/C12H16FNS/c1-9-5-6-10(7-11(9)13)8-14-15-12(2,3)4/h5-8H,1-4H3/b14-8+. The summed E-state index contributed by atoms with van der Waals surface area (Å²) in [5.41, 5.74) is 1.46. The van der Waals surface area contributed by atoms with E-state index in [0.717, 1.165) is 5.56 Å². The number of hydrogen-bond acceptors (Lipinski definition) is 2. The summed E-state index contributed by atoms with van der Waals surface area (Å²) in [7, 11) is 0. The monoisotopic (exact) mass is 225 g/mol. The van der Waals surface area contributed by atoms with E-state index >= 15 is 0 Å². The number of rotatable bonds is 2. The first-order chi connectivity index (χ1) is 6.88. The van der Waals surface area contributed by atoms with Gasteiger partial charge < -0.3 is 0 Å². The van der Waals surface area contributed by atoms with E-state index in [1.165, 1.54) is 18.0 Å². The van der Waals surface area contributed by atoms with Crippen LogP contribution in [-0.2, 0) is 0 Å². The minimum atomic E-state index is -0.181. The minimum Gasteiger partial charge on any atom is -0.223 e. The fourth-order valence-electron chi connectivity index (χ4n) is 0.935. The molecule has 1 aromatic rings. The van der Waals surface area contributed by atoms with E-state index in [-0.39, 0.29) is 10.6 Å². The van der Waals surface area contributed by atoms with Crippen LogP contribution in [0.5, 0.6) is 0 Å². The summed E-state index contributed by atoms with van der Waals surface area (Å²) in [5.74, 6) is -0.181. The van der Waals surface area contributed by atoms with Crippen molar-refractivity contribution in [1.29, 1.82) is 0 Å². The van der Waals surface area contributed by atoms with E-state index in [1.54, 1.807) is 19.2 Å². The normalized spacial score (nSPS) is 12.3. The van der Waals surface area contributed by atoms with Crippen molar-refractivity contribution >= 4 is 18.2 Å². The molecule has 0 amide bonds. The largest absolute Gasteiger partial charge is 0.223 e. The Morgan fingerprint density at radius 2 is 2.00 bits per heavy atom. The lowest BCUT2D eigenvalue weighted by atomic mass is 10.1. The number of nitrogens with zero attached hydrogens (tertiary/aromatic N) is 1. The maximum absolute atomic E-state index is 13.2. The molecule has 82 valence electrons. The highest BCUT2D eigenvalue weighted by Crippen LogP contribution is 2.23. The second-order valence-electron chi connectivity index (χ2n) is 4.45. The molecule has 1 aromatic carbocycles. The molecular formula is C12H16FNS. The van der Waals surface area contributed by atoms with E-state index in [9.17, 15) is 4.39 Å². The van der Waals surface area contributed by atoms with Gasteiger partial charge in [0.05, 0.1) is 0 Å². The van der Waals surface area contributed by atoms with Gasteiger partial charge in [-0.3, -0.25) is 0 Å². The van der Waals surface area contributed by atoms with Crippen LogP contribution in [0, 0.1) is 12.7 Å². The van der Waals surface area contributed by atoms with E-state index in [4.69, 9.17) is 0 Å². The van der Waals surface area contributed by atoms with Gasteiger partial charge in [-0.1, -0.05) is 12.1 Å². The third-order valence-electron chi connectivity index (χ3n) is 1.72. The quantitative estimate of drug-likeness (QED) is 0.547. The Labute approximate surface area is 94.9 Å². The molecule has 15 heavy (non-hydrogen) atoms. The van der Waals surface area contributed by atoms with Crippen molar-refractivity contribution in [3.8, 4) is 0 Å². The van der Waals surface area contributed by atoms with E-state index < -0.39 is 0 Å². The molecule has 0 radical (unpaired) electrons. The van der Waals surface area contributed by atoms with E-state index in [1.807, 2.05) is 6.07 Å². The Morgan fingerprint density at radius 3 is 2.53 bits per heavy atom. The van der Waals surface area contributed by atoms with Crippen molar-refractivity contribution in [2.75, 3.05) is 0 Å². The lowest BCUT2D eigenvalue weighted by Crippen LogP contribution is -2.04. The van der Waals surface area contributed by atoms with E-state index in [2.05, 4.69) is 25.2 Å².